The fourth-order valence-corrected chi connectivity index (χ4v) is 4.10. The highest BCUT2D eigenvalue weighted by atomic mass is 16.5. The molecule has 0 amide bonds. The summed E-state index contributed by atoms with van der Waals surface area (Å²) in [5.74, 6) is 1.70. The Balaban J connectivity index is 1.99. The Labute approximate surface area is 130 Å². The third kappa shape index (κ3) is 1.78. The molecular weight excluding hydrogens is 276 g/mol. The second kappa shape index (κ2) is 4.75. The maximum atomic E-state index is 10.9. The molecule has 0 fully saturated rings. The predicted octanol–water partition coefficient (Wildman–Crippen LogP) is 3.24. The number of methoxy groups -OCH3 is 1. The zero-order valence-corrected chi connectivity index (χ0v) is 12.9. The first-order valence-electron chi connectivity index (χ1n) is 7.71. The lowest BCUT2D eigenvalue weighted by molar-refractivity contribution is 0.0975. The minimum Gasteiger partial charge on any atom is -0.496 e. The fourth-order valence-electron chi connectivity index (χ4n) is 4.10. The van der Waals surface area contributed by atoms with Crippen molar-refractivity contribution < 1.29 is 14.6 Å². The summed E-state index contributed by atoms with van der Waals surface area (Å²) >= 11 is 0. The van der Waals surface area contributed by atoms with Gasteiger partial charge in [0.2, 0.25) is 0 Å². The quantitative estimate of drug-likeness (QED) is 0.924. The van der Waals surface area contributed by atoms with Crippen molar-refractivity contribution >= 4 is 0 Å². The predicted molar refractivity (Wildman–Crippen MR) is 84.7 cm³/mol. The minimum absolute atomic E-state index is 0.0686. The number of hydrogen-bond donors (Lipinski definition) is 1. The Morgan fingerprint density at radius 2 is 1.95 bits per heavy atom. The molecule has 1 aliphatic carbocycles. The number of aliphatic hydroxyl groups is 1. The fraction of sp³-hybridized carbons (Fsp3) is 0.368. The van der Waals surface area contributed by atoms with E-state index in [1.54, 1.807) is 7.11 Å². The lowest BCUT2D eigenvalue weighted by Crippen LogP contribution is -2.39. The van der Waals surface area contributed by atoms with E-state index in [0.717, 1.165) is 22.6 Å². The molecule has 4 rings (SSSR count). The Hall–Kier alpha value is -2.00. The van der Waals surface area contributed by atoms with Crippen LogP contribution in [0.1, 0.15) is 36.0 Å². The zero-order chi connectivity index (χ0) is 15.3. The van der Waals surface area contributed by atoms with Crippen LogP contribution in [0.2, 0.25) is 0 Å². The van der Waals surface area contributed by atoms with Crippen LogP contribution in [0.3, 0.4) is 0 Å². The van der Waals surface area contributed by atoms with Crippen LogP contribution in [0, 0.1) is 0 Å². The lowest BCUT2D eigenvalue weighted by Gasteiger charge is -2.39. The van der Waals surface area contributed by atoms with E-state index < -0.39 is 6.10 Å². The Morgan fingerprint density at radius 1 is 1.18 bits per heavy atom. The van der Waals surface area contributed by atoms with E-state index in [2.05, 4.69) is 19.1 Å². The van der Waals surface area contributed by atoms with Crippen molar-refractivity contribution in [3.05, 3.63) is 59.2 Å². The molecule has 2 aliphatic rings. The van der Waals surface area contributed by atoms with Gasteiger partial charge in [0, 0.05) is 22.5 Å². The molecule has 1 heterocycles. The monoisotopic (exact) mass is 296 g/mol. The Kier molecular flexibility index (Phi) is 2.95. The van der Waals surface area contributed by atoms with E-state index in [-0.39, 0.29) is 11.3 Å². The molecule has 0 unspecified atom stereocenters. The van der Waals surface area contributed by atoms with Gasteiger partial charge >= 0.3 is 0 Å². The molecular formula is C19H20O3. The van der Waals surface area contributed by atoms with Crippen LogP contribution < -0.4 is 9.47 Å². The average Bonchev–Trinajstić information content (AvgIpc) is 2.86. The van der Waals surface area contributed by atoms with Gasteiger partial charge in [0.05, 0.1) is 19.8 Å². The highest BCUT2D eigenvalue weighted by Gasteiger charge is 2.48. The van der Waals surface area contributed by atoms with Crippen molar-refractivity contribution in [1.82, 2.24) is 0 Å². The van der Waals surface area contributed by atoms with E-state index in [0.29, 0.717) is 13.0 Å². The first-order chi connectivity index (χ1) is 10.6. The SMILES string of the molecule is COc1ccc2c3c1[C@@H](c1ccccc1)[C@H](O)C[C@@]3(C)CO2. The van der Waals surface area contributed by atoms with Crippen LogP contribution in [-0.2, 0) is 5.41 Å². The van der Waals surface area contributed by atoms with Crippen LogP contribution in [-0.4, -0.2) is 24.9 Å². The summed E-state index contributed by atoms with van der Waals surface area (Å²) in [6.07, 6.45) is 0.269. The third-order valence-corrected chi connectivity index (χ3v) is 5.05. The molecule has 3 atom stereocenters. The summed E-state index contributed by atoms with van der Waals surface area (Å²) in [5.41, 5.74) is 3.29. The highest BCUT2D eigenvalue weighted by molar-refractivity contribution is 5.60. The second-order valence-electron chi connectivity index (χ2n) is 6.56. The van der Waals surface area contributed by atoms with Crippen molar-refractivity contribution in [3.8, 4) is 11.5 Å². The van der Waals surface area contributed by atoms with E-state index in [1.165, 1.54) is 5.56 Å². The summed E-state index contributed by atoms with van der Waals surface area (Å²) in [5, 5.41) is 10.9. The largest absolute Gasteiger partial charge is 0.496 e. The summed E-state index contributed by atoms with van der Waals surface area (Å²) in [7, 11) is 1.69. The zero-order valence-electron chi connectivity index (χ0n) is 12.9. The van der Waals surface area contributed by atoms with Crippen LogP contribution in [0.4, 0.5) is 0 Å². The molecule has 0 saturated carbocycles. The standard InChI is InChI=1S/C19H20O3/c1-19-10-13(20)16(12-6-4-3-5-7-12)17-14(21-2)8-9-15(18(17)19)22-11-19/h3-9,13,16,20H,10-11H2,1-2H3/t13-,16+,19+/m1/s1. The molecule has 22 heavy (non-hydrogen) atoms. The van der Waals surface area contributed by atoms with Gasteiger partial charge in [-0.15, -0.1) is 0 Å². The maximum absolute atomic E-state index is 10.9. The number of hydrogen-bond acceptors (Lipinski definition) is 3. The molecule has 2 aromatic carbocycles. The number of ether oxygens (including phenoxy) is 2. The van der Waals surface area contributed by atoms with E-state index in [1.807, 2.05) is 30.3 Å². The highest BCUT2D eigenvalue weighted by Crippen LogP contribution is 2.55. The Morgan fingerprint density at radius 3 is 2.68 bits per heavy atom. The molecule has 0 aromatic heterocycles. The molecule has 0 radical (unpaired) electrons. The van der Waals surface area contributed by atoms with Crippen LogP contribution in [0.5, 0.6) is 11.5 Å². The molecule has 2 aromatic rings. The second-order valence-corrected chi connectivity index (χ2v) is 6.56. The molecule has 3 nitrogen and oxygen atoms in total. The van der Waals surface area contributed by atoms with Crippen LogP contribution in [0.15, 0.2) is 42.5 Å². The van der Waals surface area contributed by atoms with Gasteiger partial charge in [0.25, 0.3) is 0 Å². The van der Waals surface area contributed by atoms with Gasteiger partial charge < -0.3 is 14.6 Å². The van der Waals surface area contributed by atoms with Gasteiger partial charge in [-0.1, -0.05) is 37.3 Å². The van der Waals surface area contributed by atoms with Crippen molar-refractivity contribution in [2.75, 3.05) is 13.7 Å². The van der Waals surface area contributed by atoms with Gasteiger partial charge in [-0.05, 0) is 24.1 Å². The normalized spacial score (nSPS) is 28.9. The Bertz CT molecular complexity index is 710. The van der Waals surface area contributed by atoms with Crippen molar-refractivity contribution in [2.45, 2.75) is 30.8 Å². The summed E-state index contributed by atoms with van der Waals surface area (Å²) in [6.45, 7) is 2.80. The van der Waals surface area contributed by atoms with E-state index in [9.17, 15) is 5.11 Å². The average molecular weight is 296 g/mol. The van der Waals surface area contributed by atoms with Crippen LogP contribution >= 0.6 is 0 Å². The van der Waals surface area contributed by atoms with Gasteiger partial charge in [-0.3, -0.25) is 0 Å². The summed E-state index contributed by atoms with van der Waals surface area (Å²) < 4.78 is 11.5. The first-order valence-corrected chi connectivity index (χ1v) is 7.71. The van der Waals surface area contributed by atoms with Crippen molar-refractivity contribution in [2.24, 2.45) is 0 Å². The molecule has 1 N–H and O–H groups in total. The molecule has 1 aliphatic heterocycles. The lowest BCUT2D eigenvalue weighted by atomic mass is 9.65. The summed E-state index contributed by atoms with van der Waals surface area (Å²) in [4.78, 5) is 0. The van der Waals surface area contributed by atoms with Gasteiger partial charge in [-0.2, -0.15) is 0 Å². The number of rotatable bonds is 2. The van der Waals surface area contributed by atoms with Gasteiger partial charge in [0.15, 0.2) is 0 Å². The van der Waals surface area contributed by atoms with Gasteiger partial charge in [-0.25, -0.2) is 0 Å². The molecule has 0 spiro atoms. The van der Waals surface area contributed by atoms with Crippen LogP contribution in [0.25, 0.3) is 0 Å². The number of aliphatic hydroxyl groups excluding tert-OH is 1. The van der Waals surface area contributed by atoms with Gasteiger partial charge in [0.1, 0.15) is 11.5 Å². The number of benzene rings is 2. The molecule has 3 heteroatoms. The van der Waals surface area contributed by atoms with E-state index >= 15 is 0 Å². The van der Waals surface area contributed by atoms with Crippen molar-refractivity contribution in [3.63, 3.8) is 0 Å². The topological polar surface area (TPSA) is 38.7 Å². The molecule has 114 valence electrons. The third-order valence-electron chi connectivity index (χ3n) is 5.05. The van der Waals surface area contributed by atoms with E-state index in [4.69, 9.17) is 9.47 Å². The minimum atomic E-state index is -0.439. The smallest absolute Gasteiger partial charge is 0.123 e. The van der Waals surface area contributed by atoms with Crippen molar-refractivity contribution in [1.29, 1.82) is 0 Å². The molecule has 0 saturated heterocycles. The molecule has 0 bridgehead atoms. The first kappa shape index (κ1) is 13.6. The summed E-state index contributed by atoms with van der Waals surface area (Å²) in [6, 6.07) is 14.1. The maximum Gasteiger partial charge on any atom is 0.123 e.